The van der Waals surface area contributed by atoms with Crippen molar-refractivity contribution in [3.05, 3.63) is 59.0 Å². The van der Waals surface area contributed by atoms with Gasteiger partial charge in [0, 0.05) is 33.0 Å². The smallest absolute Gasteiger partial charge is 0.415 e. The lowest BCUT2D eigenvalue weighted by atomic mass is 10.1. The second-order valence-electron chi connectivity index (χ2n) is 11.1. The molecule has 0 bridgehead atoms. The van der Waals surface area contributed by atoms with Crippen LogP contribution in [0.2, 0.25) is 0 Å². The van der Waals surface area contributed by atoms with E-state index in [-0.39, 0.29) is 46.6 Å². The van der Waals surface area contributed by atoms with Crippen LogP contribution in [0.5, 0.6) is 0 Å². The van der Waals surface area contributed by atoms with Gasteiger partial charge in [-0.25, -0.2) is 19.3 Å². The Balaban J connectivity index is 1.50. The molecule has 4 aromatic heterocycles. The summed E-state index contributed by atoms with van der Waals surface area (Å²) in [5, 5.41) is 10.4. The Hall–Kier alpha value is -4.72. The molecule has 0 aromatic carbocycles. The highest BCUT2D eigenvalue weighted by Gasteiger charge is 2.27. The fourth-order valence-corrected chi connectivity index (χ4v) is 4.81. The molecular formula is C28H34N8O6. The van der Waals surface area contributed by atoms with Gasteiger partial charge in [-0.1, -0.05) is 0 Å². The van der Waals surface area contributed by atoms with Crippen molar-refractivity contribution < 1.29 is 23.5 Å². The van der Waals surface area contributed by atoms with Gasteiger partial charge in [-0.05, 0) is 58.1 Å². The monoisotopic (exact) mass is 578 g/mol. The molecule has 4 heterocycles. The van der Waals surface area contributed by atoms with Gasteiger partial charge >= 0.3 is 12.1 Å². The molecule has 1 fully saturated rings. The number of aromatic nitrogens is 5. The summed E-state index contributed by atoms with van der Waals surface area (Å²) in [5.74, 6) is 0.415. The number of anilines is 3. The van der Waals surface area contributed by atoms with E-state index >= 15 is 0 Å². The molecule has 1 saturated carbocycles. The van der Waals surface area contributed by atoms with Crippen molar-refractivity contribution in [1.29, 1.82) is 0 Å². The summed E-state index contributed by atoms with van der Waals surface area (Å²) in [6.07, 6.45) is 8.10. The molecule has 14 nitrogen and oxygen atoms in total. The maximum absolute atomic E-state index is 13.3. The molecule has 14 heteroatoms. The van der Waals surface area contributed by atoms with Gasteiger partial charge in [0.05, 0.1) is 18.5 Å². The van der Waals surface area contributed by atoms with E-state index in [1.807, 2.05) is 0 Å². The summed E-state index contributed by atoms with van der Waals surface area (Å²) < 4.78 is 18.9. The molecule has 0 radical (unpaired) electrons. The molecule has 2 amide bonds. The van der Waals surface area contributed by atoms with Crippen LogP contribution in [0, 0.1) is 5.92 Å². The summed E-state index contributed by atoms with van der Waals surface area (Å²) in [5.41, 5.74) is -0.624. The van der Waals surface area contributed by atoms with Gasteiger partial charge < -0.3 is 24.5 Å². The number of carbonyl (C=O) groups excluding carboxylic acids is 2. The lowest BCUT2D eigenvalue weighted by Crippen LogP contribution is -2.35. The van der Waals surface area contributed by atoms with E-state index in [1.54, 1.807) is 40.0 Å². The number of carbonyl (C=O) groups is 2. The Morgan fingerprint density at radius 1 is 1.26 bits per heavy atom. The normalized spacial score (nSPS) is 16.9. The number of hydrogen-bond acceptors (Lipinski definition) is 10. The number of methoxy groups -OCH3 is 1. The minimum Gasteiger partial charge on any atom is -0.443 e. The van der Waals surface area contributed by atoms with Crippen LogP contribution < -0.4 is 21.1 Å². The molecule has 1 aliphatic carbocycles. The molecule has 0 saturated heterocycles. The molecule has 2 atom stereocenters. The van der Waals surface area contributed by atoms with Gasteiger partial charge in [-0.15, -0.1) is 0 Å². The van der Waals surface area contributed by atoms with E-state index < -0.39 is 17.3 Å². The Kier molecular flexibility index (Phi) is 7.98. The topological polar surface area (TPSA) is 158 Å². The number of fused-ring (bicyclic) bond motifs is 1. The van der Waals surface area contributed by atoms with Crippen molar-refractivity contribution in [1.82, 2.24) is 29.5 Å². The van der Waals surface area contributed by atoms with E-state index in [0.29, 0.717) is 12.5 Å². The Morgan fingerprint density at radius 3 is 2.76 bits per heavy atom. The fourth-order valence-electron chi connectivity index (χ4n) is 4.81. The van der Waals surface area contributed by atoms with Crippen LogP contribution in [-0.2, 0) is 9.47 Å². The second-order valence-corrected chi connectivity index (χ2v) is 11.1. The van der Waals surface area contributed by atoms with Gasteiger partial charge in [0.2, 0.25) is 0 Å². The van der Waals surface area contributed by atoms with Gasteiger partial charge in [-0.3, -0.25) is 14.5 Å². The zero-order valence-electron chi connectivity index (χ0n) is 24.2. The first-order chi connectivity index (χ1) is 20.0. The molecule has 222 valence electrons. The molecule has 0 aliphatic heterocycles. The molecule has 42 heavy (non-hydrogen) atoms. The van der Waals surface area contributed by atoms with Crippen LogP contribution in [0.3, 0.4) is 0 Å². The standard InChI is InChI=1S/C28H34N8O6/c1-28(2,3)42-27(39)34(4)22-14-21(32-20-7-6-11-35(25(20)38)26-29-10-12-41-26)33-23-19(16-31-36(22)23)24(37)30-15-17-8-9-18(13-17)40-5/h6-7,10-12,14,16-18H,8-9,13,15H2,1-5H3,(H,30,37)(H,32,33)/t17?,18-/m1/s1. The Bertz CT molecular complexity index is 1640. The van der Waals surface area contributed by atoms with E-state index in [4.69, 9.17) is 13.9 Å². The molecule has 0 spiro atoms. The first-order valence-corrected chi connectivity index (χ1v) is 13.6. The van der Waals surface area contributed by atoms with E-state index in [1.165, 1.54) is 52.0 Å². The van der Waals surface area contributed by atoms with E-state index in [2.05, 4.69) is 25.7 Å². The highest BCUT2D eigenvalue weighted by Crippen LogP contribution is 2.28. The maximum Gasteiger partial charge on any atom is 0.415 e. The lowest BCUT2D eigenvalue weighted by Gasteiger charge is -2.25. The summed E-state index contributed by atoms with van der Waals surface area (Å²) >= 11 is 0. The van der Waals surface area contributed by atoms with Crippen LogP contribution in [0.15, 0.2) is 52.3 Å². The third-order valence-corrected chi connectivity index (χ3v) is 6.92. The van der Waals surface area contributed by atoms with Crippen molar-refractivity contribution in [2.24, 2.45) is 5.92 Å². The van der Waals surface area contributed by atoms with Crippen LogP contribution in [0.4, 0.5) is 22.1 Å². The van der Waals surface area contributed by atoms with Crippen molar-refractivity contribution >= 4 is 35.0 Å². The largest absolute Gasteiger partial charge is 0.443 e. The molecule has 4 aromatic rings. The number of hydrogen-bond donors (Lipinski definition) is 2. The molecule has 1 unspecified atom stereocenters. The average Bonchev–Trinajstić information content (AvgIpc) is 3.72. The predicted octanol–water partition coefficient (Wildman–Crippen LogP) is 3.53. The van der Waals surface area contributed by atoms with E-state index in [9.17, 15) is 14.4 Å². The van der Waals surface area contributed by atoms with Gasteiger partial charge in [0.25, 0.3) is 11.5 Å². The quantitative estimate of drug-likeness (QED) is 0.317. The number of pyridine rings is 1. The van der Waals surface area contributed by atoms with Crippen LogP contribution >= 0.6 is 0 Å². The number of amides is 2. The maximum atomic E-state index is 13.3. The third-order valence-electron chi connectivity index (χ3n) is 6.92. The Labute approximate surface area is 241 Å². The summed E-state index contributed by atoms with van der Waals surface area (Å²) in [7, 11) is 3.23. The zero-order chi connectivity index (χ0) is 30.0. The summed E-state index contributed by atoms with van der Waals surface area (Å²) in [6, 6.07) is 4.86. The average molecular weight is 579 g/mol. The first-order valence-electron chi connectivity index (χ1n) is 13.6. The minimum atomic E-state index is -0.745. The van der Waals surface area contributed by atoms with Crippen molar-refractivity contribution in [2.45, 2.75) is 51.7 Å². The number of nitrogens with one attached hydrogen (secondary N) is 2. The van der Waals surface area contributed by atoms with Crippen molar-refractivity contribution in [3.8, 4) is 6.01 Å². The van der Waals surface area contributed by atoms with Gasteiger partial charge in [0.15, 0.2) is 5.65 Å². The number of nitrogens with zero attached hydrogens (tertiary/aromatic N) is 6. The minimum absolute atomic E-state index is 0.103. The molecule has 2 N–H and O–H groups in total. The number of ether oxygens (including phenoxy) is 2. The van der Waals surface area contributed by atoms with Crippen LogP contribution in [-0.4, -0.2) is 68.6 Å². The van der Waals surface area contributed by atoms with Gasteiger partial charge in [-0.2, -0.15) is 9.61 Å². The van der Waals surface area contributed by atoms with E-state index in [0.717, 1.165) is 19.3 Å². The summed E-state index contributed by atoms with van der Waals surface area (Å²) in [6.45, 7) is 5.77. The summed E-state index contributed by atoms with van der Waals surface area (Å²) in [4.78, 5) is 49.4. The predicted molar refractivity (Wildman–Crippen MR) is 153 cm³/mol. The fraction of sp³-hybridized carbons (Fsp3) is 0.429. The van der Waals surface area contributed by atoms with Crippen LogP contribution in [0.1, 0.15) is 50.4 Å². The third kappa shape index (κ3) is 6.12. The molecular weight excluding hydrogens is 544 g/mol. The zero-order valence-corrected chi connectivity index (χ0v) is 24.2. The highest BCUT2D eigenvalue weighted by molar-refractivity contribution is 6.00. The molecule has 5 rings (SSSR count). The van der Waals surface area contributed by atoms with Crippen molar-refractivity contribution in [2.75, 3.05) is 30.9 Å². The van der Waals surface area contributed by atoms with Crippen LogP contribution in [0.25, 0.3) is 11.7 Å². The Morgan fingerprint density at radius 2 is 2.07 bits per heavy atom. The molecule has 1 aliphatic rings. The lowest BCUT2D eigenvalue weighted by molar-refractivity contribution is 0.0587. The van der Waals surface area contributed by atoms with Crippen molar-refractivity contribution in [3.63, 3.8) is 0 Å². The number of oxazole rings is 1. The highest BCUT2D eigenvalue weighted by atomic mass is 16.6. The SMILES string of the molecule is CO[C@@H]1CCC(CNC(=O)c2cnn3c(N(C)C(=O)OC(C)(C)C)cc(Nc4cccn(-c5ncco5)c4=O)nc23)C1. The number of rotatable bonds is 8. The second kappa shape index (κ2) is 11.6. The first kappa shape index (κ1) is 28.8. The van der Waals surface area contributed by atoms with Gasteiger partial charge in [0.1, 0.15) is 34.8 Å².